The molecule has 0 saturated heterocycles. The van der Waals surface area contributed by atoms with Gasteiger partial charge in [-0.15, -0.1) is 0 Å². The molecule has 1 heterocycles. The first-order chi connectivity index (χ1) is 10.1. The van der Waals surface area contributed by atoms with Crippen molar-refractivity contribution in [3.63, 3.8) is 0 Å². The van der Waals surface area contributed by atoms with Crippen LogP contribution in [0.4, 0.5) is 0 Å². The number of carbonyl (C=O) groups is 1. The summed E-state index contributed by atoms with van der Waals surface area (Å²) in [5.74, 6) is 0.471. The van der Waals surface area contributed by atoms with Crippen LogP contribution in [0.5, 0.6) is 0 Å². The largest absolute Gasteiger partial charge is 0.453 e. The molecule has 1 saturated carbocycles. The highest BCUT2D eigenvalue weighted by atomic mass is 35.5. The second-order valence-corrected chi connectivity index (χ2v) is 6.46. The number of hydrogen-bond donors (Lipinski definition) is 1. The first kappa shape index (κ1) is 14.6. The number of furan rings is 1. The lowest BCUT2D eigenvalue weighted by Crippen LogP contribution is -2.38. The van der Waals surface area contributed by atoms with Crippen molar-refractivity contribution in [2.75, 3.05) is 6.54 Å². The Labute approximate surface area is 129 Å². The molecule has 0 unspecified atom stereocenters. The lowest BCUT2D eigenvalue weighted by molar-refractivity contribution is 0.0745. The van der Waals surface area contributed by atoms with Gasteiger partial charge in [0.1, 0.15) is 5.58 Å². The van der Waals surface area contributed by atoms with Crippen LogP contribution in [-0.2, 0) is 0 Å². The van der Waals surface area contributed by atoms with Crippen LogP contribution in [0.1, 0.15) is 49.1 Å². The van der Waals surface area contributed by atoms with E-state index in [0.29, 0.717) is 22.9 Å². The van der Waals surface area contributed by atoms with Crippen LogP contribution in [0.25, 0.3) is 11.0 Å². The summed E-state index contributed by atoms with van der Waals surface area (Å²) >= 11 is 5.99. The average Bonchev–Trinajstić information content (AvgIpc) is 2.75. The number of nitrogens with two attached hydrogens (primary N) is 1. The van der Waals surface area contributed by atoms with Crippen molar-refractivity contribution in [2.45, 2.75) is 38.5 Å². The molecule has 0 amide bonds. The highest BCUT2D eigenvalue weighted by molar-refractivity contribution is 6.31. The number of rotatable bonds is 3. The molecule has 21 heavy (non-hydrogen) atoms. The number of hydrogen-bond acceptors (Lipinski definition) is 3. The van der Waals surface area contributed by atoms with E-state index < -0.39 is 5.41 Å². The number of ketones is 1. The fraction of sp³-hybridized carbons (Fsp3) is 0.471. The van der Waals surface area contributed by atoms with Gasteiger partial charge in [-0.25, -0.2) is 0 Å². The zero-order valence-corrected chi connectivity index (χ0v) is 12.8. The van der Waals surface area contributed by atoms with Gasteiger partial charge < -0.3 is 10.2 Å². The second-order valence-electron chi connectivity index (χ2n) is 6.02. The highest BCUT2D eigenvalue weighted by Crippen LogP contribution is 2.38. The molecule has 0 aliphatic heterocycles. The summed E-state index contributed by atoms with van der Waals surface area (Å²) in [4.78, 5) is 13.0. The Bertz CT molecular complexity index is 654. The summed E-state index contributed by atoms with van der Waals surface area (Å²) in [7, 11) is 0. The van der Waals surface area contributed by atoms with Gasteiger partial charge in [-0.2, -0.15) is 0 Å². The molecule has 0 atom stereocenters. The first-order valence-corrected chi connectivity index (χ1v) is 7.96. The van der Waals surface area contributed by atoms with Crippen molar-refractivity contribution in [3.05, 3.63) is 35.0 Å². The zero-order chi connectivity index (χ0) is 14.9. The minimum Gasteiger partial charge on any atom is -0.453 e. The van der Waals surface area contributed by atoms with Gasteiger partial charge in [-0.1, -0.05) is 37.3 Å². The SMILES string of the molecule is NCC1(C(=O)c2cc3cc(Cl)ccc3o2)CCCCCC1. The van der Waals surface area contributed by atoms with Gasteiger partial charge in [-0.3, -0.25) is 4.79 Å². The fourth-order valence-electron chi connectivity index (χ4n) is 3.32. The molecule has 112 valence electrons. The minimum absolute atomic E-state index is 0.0548. The molecule has 1 aromatic carbocycles. The number of halogens is 1. The Morgan fingerprint density at radius 3 is 2.57 bits per heavy atom. The van der Waals surface area contributed by atoms with E-state index in [-0.39, 0.29) is 5.78 Å². The lowest BCUT2D eigenvalue weighted by Gasteiger charge is -2.28. The maximum absolute atomic E-state index is 13.0. The third-order valence-corrected chi connectivity index (χ3v) is 4.87. The molecule has 1 aromatic heterocycles. The summed E-state index contributed by atoms with van der Waals surface area (Å²) in [5, 5.41) is 1.51. The van der Waals surface area contributed by atoms with Gasteiger partial charge in [0, 0.05) is 22.4 Å². The number of fused-ring (bicyclic) bond motifs is 1. The monoisotopic (exact) mass is 305 g/mol. The van der Waals surface area contributed by atoms with E-state index in [1.54, 1.807) is 18.2 Å². The van der Waals surface area contributed by atoms with E-state index in [4.69, 9.17) is 21.8 Å². The number of Topliss-reactive ketones (excluding diaryl/α,β-unsaturated/α-hetero) is 1. The van der Waals surface area contributed by atoms with Gasteiger partial charge in [0.25, 0.3) is 0 Å². The van der Waals surface area contributed by atoms with Crippen LogP contribution >= 0.6 is 11.6 Å². The van der Waals surface area contributed by atoms with Crippen molar-refractivity contribution in [2.24, 2.45) is 11.1 Å². The zero-order valence-electron chi connectivity index (χ0n) is 12.0. The second kappa shape index (κ2) is 5.82. The van der Waals surface area contributed by atoms with Crippen LogP contribution in [0, 0.1) is 5.41 Å². The molecule has 1 aliphatic rings. The molecule has 3 nitrogen and oxygen atoms in total. The van der Waals surface area contributed by atoms with Crippen LogP contribution < -0.4 is 5.73 Å². The molecule has 3 rings (SSSR count). The molecule has 0 bridgehead atoms. The molecule has 1 aliphatic carbocycles. The van der Waals surface area contributed by atoms with Crippen molar-refractivity contribution in [3.8, 4) is 0 Å². The summed E-state index contributed by atoms with van der Waals surface area (Å²) in [6, 6.07) is 7.19. The third kappa shape index (κ3) is 2.72. The Morgan fingerprint density at radius 2 is 1.90 bits per heavy atom. The standard InChI is InChI=1S/C17H20ClNO2/c18-13-5-6-14-12(9-13)10-15(21-14)16(20)17(11-19)7-3-1-2-4-8-17/h5-6,9-10H,1-4,7-8,11,19H2. The summed E-state index contributed by atoms with van der Waals surface area (Å²) < 4.78 is 5.74. The normalized spacial score (nSPS) is 18.6. The molecule has 1 fully saturated rings. The van der Waals surface area contributed by atoms with Crippen LogP contribution in [0.2, 0.25) is 5.02 Å². The summed E-state index contributed by atoms with van der Waals surface area (Å²) in [6.07, 6.45) is 6.22. The minimum atomic E-state index is -0.450. The number of benzene rings is 1. The van der Waals surface area contributed by atoms with Gasteiger partial charge in [-0.05, 0) is 37.1 Å². The Morgan fingerprint density at radius 1 is 1.19 bits per heavy atom. The smallest absolute Gasteiger partial charge is 0.205 e. The Kier molecular flexibility index (Phi) is 4.05. The predicted molar refractivity (Wildman–Crippen MR) is 84.7 cm³/mol. The van der Waals surface area contributed by atoms with Crippen LogP contribution in [-0.4, -0.2) is 12.3 Å². The predicted octanol–water partition coefficient (Wildman–Crippen LogP) is 4.57. The maximum atomic E-state index is 13.0. The van der Waals surface area contributed by atoms with Crippen LogP contribution in [0.3, 0.4) is 0 Å². The molecule has 2 aromatic rings. The van der Waals surface area contributed by atoms with Gasteiger partial charge in [0.05, 0.1) is 0 Å². The van der Waals surface area contributed by atoms with E-state index in [0.717, 1.165) is 31.1 Å². The van der Waals surface area contributed by atoms with Crippen LogP contribution in [0.15, 0.2) is 28.7 Å². The van der Waals surface area contributed by atoms with Gasteiger partial charge in [0.15, 0.2) is 5.76 Å². The molecule has 0 spiro atoms. The molecule has 2 N–H and O–H groups in total. The van der Waals surface area contributed by atoms with E-state index in [9.17, 15) is 4.79 Å². The number of carbonyl (C=O) groups excluding carboxylic acids is 1. The Balaban J connectivity index is 1.97. The topological polar surface area (TPSA) is 56.2 Å². The van der Waals surface area contributed by atoms with E-state index in [1.165, 1.54) is 12.8 Å². The van der Waals surface area contributed by atoms with Crippen molar-refractivity contribution >= 4 is 28.4 Å². The van der Waals surface area contributed by atoms with E-state index in [1.807, 2.05) is 6.07 Å². The molecule has 4 heteroatoms. The van der Waals surface area contributed by atoms with E-state index in [2.05, 4.69) is 0 Å². The molecular formula is C17H20ClNO2. The first-order valence-electron chi connectivity index (χ1n) is 7.59. The van der Waals surface area contributed by atoms with E-state index >= 15 is 0 Å². The third-order valence-electron chi connectivity index (χ3n) is 4.64. The van der Waals surface area contributed by atoms with Gasteiger partial charge in [0.2, 0.25) is 5.78 Å². The molecular weight excluding hydrogens is 286 g/mol. The van der Waals surface area contributed by atoms with Crippen molar-refractivity contribution in [1.29, 1.82) is 0 Å². The fourth-order valence-corrected chi connectivity index (χ4v) is 3.50. The van der Waals surface area contributed by atoms with Crippen molar-refractivity contribution < 1.29 is 9.21 Å². The maximum Gasteiger partial charge on any atom is 0.205 e. The molecule has 0 radical (unpaired) electrons. The lowest BCUT2D eigenvalue weighted by atomic mass is 9.75. The van der Waals surface area contributed by atoms with Gasteiger partial charge >= 0.3 is 0 Å². The quantitative estimate of drug-likeness (QED) is 0.667. The highest BCUT2D eigenvalue weighted by Gasteiger charge is 2.39. The summed E-state index contributed by atoms with van der Waals surface area (Å²) in [5.41, 5.74) is 6.23. The van der Waals surface area contributed by atoms with Crippen molar-refractivity contribution in [1.82, 2.24) is 0 Å². The summed E-state index contributed by atoms with van der Waals surface area (Å²) in [6.45, 7) is 0.392. The Hall–Kier alpha value is -1.32. The average molecular weight is 306 g/mol.